The molecular formula is C20H30IN5O2. The maximum atomic E-state index is 5.85. The largest absolute Gasteiger partial charge is 0.493 e. The van der Waals surface area contributed by atoms with Crippen LogP contribution in [0.1, 0.15) is 17.7 Å². The van der Waals surface area contributed by atoms with E-state index in [2.05, 4.69) is 38.3 Å². The van der Waals surface area contributed by atoms with Gasteiger partial charge in [-0.2, -0.15) is 0 Å². The molecule has 2 aromatic rings. The van der Waals surface area contributed by atoms with Gasteiger partial charge < -0.3 is 19.5 Å². The summed E-state index contributed by atoms with van der Waals surface area (Å²) < 4.78 is 10.8. The number of guanidine groups is 1. The van der Waals surface area contributed by atoms with Crippen LogP contribution in [0, 0.1) is 6.92 Å². The highest BCUT2D eigenvalue weighted by molar-refractivity contribution is 14.0. The zero-order valence-electron chi connectivity index (χ0n) is 16.6. The van der Waals surface area contributed by atoms with Crippen LogP contribution in [0.15, 0.2) is 46.1 Å². The molecule has 1 N–H and O–H groups in total. The average molecular weight is 499 g/mol. The minimum atomic E-state index is 0. The van der Waals surface area contributed by atoms with Crippen LogP contribution < -0.4 is 10.1 Å². The second kappa shape index (κ2) is 11.9. The minimum Gasteiger partial charge on any atom is -0.493 e. The van der Waals surface area contributed by atoms with Crippen LogP contribution in [0.5, 0.6) is 5.75 Å². The molecule has 1 aliphatic rings. The summed E-state index contributed by atoms with van der Waals surface area (Å²) in [7, 11) is 1.84. The molecule has 28 heavy (non-hydrogen) atoms. The molecule has 2 heterocycles. The van der Waals surface area contributed by atoms with Crippen LogP contribution in [0.4, 0.5) is 0 Å². The lowest BCUT2D eigenvalue weighted by molar-refractivity contribution is 0.169. The van der Waals surface area contributed by atoms with E-state index in [-0.39, 0.29) is 24.0 Å². The average Bonchev–Trinajstić information content (AvgIpc) is 3.20. The molecule has 0 bridgehead atoms. The van der Waals surface area contributed by atoms with Crippen molar-refractivity contribution in [3.63, 3.8) is 0 Å². The summed E-state index contributed by atoms with van der Waals surface area (Å²) in [5.41, 5.74) is 2.16. The number of aliphatic imine (C=N–C) groups is 1. The Morgan fingerprint density at radius 1 is 1.21 bits per heavy atom. The molecule has 0 spiro atoms. The van der Waals surface area contributed by atoms with Crippen molar-refractivity contribution in [2.75, 3.05) is 46.4 Å². The summed E-state index contributed by atoms with van der Waals surface area (Å²) >= 11 is 0. The second-order valence-corrected chi connectivity index (χ2v) is 6.70. The second-order valence-electron chi connectivity index (χ2n) is 6.70. The van der Waals surface area contributed by atoms with Crippen molar-refractivity contribution in [1.29, 1.82) is 0 Å². The normalized spacial score (nSPS) is 15.2. The zero-order valence-corrected chi connectivity index (χ0v) is 19.0. The first kappa shape index (κ1) is 22.5. The van der Waals surface area contributed by atoms with Gasteiger partial charge in [-0.25, -0.2) is 0 Å². The van der Waals surface area contributed by atoms with Crippen molar-refractivity contribution in [2.45, 2.75) is 19.9 Å². The van der Waals surface area contributed by atoms with Crippen LogP contribution >= 0.6 is 24.0 Å². The fourth-order valence-electron chi connectivity index (χ4n) is 3.17. The zero-order chi connectivity index (χ0) is 18.9. The number of hydrogen-bond acceptors (Lipinski definition) is 5. The molecule has 3 rings (SSSR count). The Hall–Kier alpha value is -1.81. The van der Waals surface area contributed by atoms with E-state index < -0.39 is 0 Å². The van der Waals surface area contributed by atoms with Crippen LogP contribution in [0.3, 0.4) is 0 Å². The minimum absolute atomic E-state index is 0. The lowest BCUT2D eigenvalue weighted by atomic mass is 10.2. The number of ether oxygens (including phenoxy) is 1. The highest BCUT2D eigenvalue weighted by Gasteiger charge is 2.20. The third-order valence-electron chi connectivity index (χ3n) is 4.72. The van der Waals surface area contributed by atoms with E-state index in [1.807, 2.05) is 31.3 Å². The van der Waals surface area contributed by atoms with Crippen molar-refractivity contribution in [2.24, 2.45) is 4.99 Å². The van der Waals surface area contributed by atoms with E-state index in [1.54, 1.807) is 6.26 Å². The Kier molecular flexibility index (Phi) is 9.56. The molecule has 0 atom stereocenters. The molecule has 1 fully saturated rings. The Morgan fingerprint density at radius 3 is 2.68 bits per heavy atom. The van der Waals surface area contributed by atoms with Crippen molar-refractivity contribution in [3.8, 4) is 5.75 Å². The fourth-order valence-corrected chi connectivity index (χ4v) is 3.17. The van der Waals surface area contributed by atoms with Crippen LogP contribution in [-0.4, -0.2) is 67.3 Å². The fraction of sp³-hybridized carbons (Fsp3) is 0.500. The first-order chi connectivity index (χ1) is 13.3. The number of rotatable bonds is 7. The van der Waals surface area contributed by atoms with Gasteiger partial charge in [-0.15, -0.1) is 24.0 Å². The summed E-state index contributed by atoms with van der Waals surface area (Å²) in [4.78, 5) is 9.12. The lowest BCUT2D eigenvalue weighted by Crippen LogP contribution is -2.52. The number of nitrogens with one attached hydrogen (secondary N) is 1. The monoisotopic (exact) mass is 499 g/mol. The number of nitrogens with zero attached hydrogens (tertiary/aromatic N) is 4. The van der Waals surface area contributed by atoms with Gasteiger partial charge in [0, 0.05) is 52.4 Å². The molecule has 0 radical (unpaired) electrons. The van der Waals surface area contributed by atoms with E-state index in [0.717, 1.165) is 63.1 Å². The molecule has 1 aliphatic heterocycles. The molecule has 1 aromatic carbocycles. The van der Waals surface area contributed by atoms with E-state index in [1.165, 1.54) is 5.56 Å². The highest BCUT2D eigenvalue weighted by atomic mass is 127. The van der Waals surface area contributed by atoms with Gasteiger partial charge in [-0.1, -0.05) is 23.4 Å². The lowest BCUT2D eigenvalue weighted by Gasteiger charge is -2.36. The SMILES string of the molecule is CN=C(NCCCOc1ccccc1C)N1CCN(Cc2ccon2)CC1.I. The van der Waals surface area contributed by atoms with Crippen LogP contribution in [0.2, 0.25) is 0 Å². The topological polar surface area (TPSA) is 66.1 Å². The van der Waals surface area contributed by atoms with Crippen LogP contribution in [0.25, 0.3) is 0 Å². The Labute approximate surface area is 184 Å². The molecule has 0 unspecified atom stereocenters. The van der Waals surface area contributed by atoms with Gasteiger partial charge >= 0.3 is 0 Å². The number of halogens is 1. The summed E-state index contributed by atoms with van der Waals surface area (Å²) in [6, 6.07) is 10.0. The third-order valence-corrected chi connectivity index (χ3v) is 4.72. The Balaban J connectivity index is 0.00000280. The van der Waals surface area contributed by atoms with Gasteiger partial charge in [-0.3, -0.25) is 9.89 Å². The van der Waals surface area contributed by atoms with Crippen molar-refractivity contribution >= 4 is 29.9 Å². The van der Waals surface area contributed by atoms with Crippen molar-refractivity contribution in [3.05, 3.63) is 47.9 Å². The molecule has 1 aromatic heterocycles. The van der Waals surface area contributed by atoms with E-state index in [9.17, 15) is 0 Å². The van der Waals surface area contributed by atoms with Gasteiger partial charge in [-0.05, 0) is 25.0 Å². The molecular weight excluding hydrogens is 469 g/mol. The number of aromatic nitrogens is 1. The van der Waals surface area contributed by atoms with E-state index in [4.69, 9.17) is 9.26 Å². The van der Waals surface area contributed by atoms with Gasteiger partial charge in [0.1, 0.15) is 12.0 Å². The van der Waals surface area contributed by atoms with Gasteiger partial charge in [0.05, 0.1) is 12.3 Å². The molecule has 8 heteroatoms. The quantitative estimate of drug-likeness (QED) is 0.274. The first-order valence-corrected chi connectivity index (χ1v) is 9.52. The first-order valence-electron chi connectivity index (χ1n) is 9.52. The summed E-state index contributed by atoms with van der Waals surface area (Å²) in [6.07, 6.45) is 2.56. The molecule has 0 saturated carbocycles. The maximum absolute atomic E-state index is 5.85. The van der Waals surface area contributed by atoms with E-state index in [0.29, 0.717) is 6.61 Å². The number of aryl methyl sites for hydroxylation is 1. The van der Waals surface area contributed by atoms with Gasteiger partial charge in [0.25, 0.3) is 0 Å². The Morgan fingerprint density at radius 2 is 2.00 bits per heavy atom. The molecule has 7 nitrogen and oxygen atoms in total. The number of piperazine rings is 1. The summed E-state index contributed by atoms with van der Waals surface area (Å²) in [5, 5.41) is 7.44. The standard InChI is InChI=1S/C20H29N5O2.HI/c1-17-6-3-4-7-19(17)26-14-5-9-22-20(21-2)25-12-10-24(11-13-25)16-18-8-15-27-23-18;/h3-4,6-8,15H,5,9-14,16H2,1-2H3,(H,21,22);1H. The van der Waals surface area contributed by atoms with Gasteiger partial charge in [0.15, 0.2) is 5.96 Å². The molecule has 1 saturated heterocycles. The summed E-state index contributed by atoms with van der Waals surface area (Å²) in [6.45, 7) is 8.34. The molecule has 0 aliphatic carbocycles. The predicted octanol–water partition coefficient (Wildman–Crippen LogP) is 2.76. The maximum Gasteiger partial charge on any atom is 0.193 e. The number of para-hydroxylation sites is 1. The smallest absolute Gasteiger partial charge is 0.193 e. The highest BCUT2D eigenvalue weighted by Crippen LogP contribution is 2.16. The molecule has 154 valence electrons. The molecule has 0 amide bonds. The van der Waals surface area contributed by atoms with Gasteiger partial charge in [0.2, 0.25) is 0 Å². The number of benzene rings is 1. The van der Waals surface area contributed by atoms with Crippen molar-refractivity contribution in [1.82, 2.24) is 20.3 Å². The van der Waals surface area contributed by atoms with E-state index >= 15 is 0 Å². The third kappa shape index (κ3) is 6.66. The number of hydrogen-bond donors (Lipinski definition) is 1. The predicted molar refractivity (Wildman–Crippen MR) is 121 cm³/mol. The Bertz CT molecular complexity index is 715. The summed E-state index contributed by atoms with van der Waals surface area (Å²) in [5.74, 6) is 1.93. The van der Waals surface area contributed by atoms with Crippen molar-refractivity contribution < 1.29 is 9.26 Å². The van der Waals surface area contributed by atoms with Crippen LogP contribution in [-0.2, 0) is 6.54 Å².